The summed E-state index contributed by atoms with van der Waals surface area (Å²) >= 11 is 0.980. The molecule has 2 aromatic rings. The molecule has 0 amide bonds. The Balaban J connectivity index is 2.63. The molecule has 0 radical (unpaired) electrons. The Labute approximate surface area is 158 Å². The molecule has 0 N–H and O–H groups in total. The van der Waals surface area contributed by atoms with Gasteiger partial charge >= 0.3 is 11.7 Å². The van der Waals surface area contributed by atoms with E-state index in [1.165, 1.54) is 11.7 Å². The number of thiophene rings is 1. The van der Waals surface area contributed by atoms with E-state index in [0.717, 1.165) is 15.9 Å². The van der Waals surface area contributed by atoms with Gasteiger partial charge in [0, 0.05) is 20.1 Å². The minimum absolute atomic E-state index is 0.0340. The van der Waals surface area contributed by atoms with Crippen LogP contribution in [0.4, 0.5) is 8.78 Å². The zero-order valence-corrected chi connectivity index (χ0v) is 16.1. The number of alkyl halides is 2. The van der Waals surface area contributed by atoms with Crippen molar-refractivity contribution in [1.29, 1.82) is 0 Å². The average molecular weight is 404 g/mol. The Morgan fingerprint density at radius 1 is 1.07 bits per heavy atom. The minimum Gasteiger partial charge on any atom is -0.461 e. The standard InChI is InChI=1S/C17H22F2N2O5S/c1-11-12-14(22)20(7-3-5-18)17(24)21(8-10-25-2)15(12)27-13(11)16(23)26-9-4-6-19/h3-10H2,1-2H3. The smallest absolute Gasteiger partial charge is 0.348 e. The number of fused-ring (bicyclic) bond motifs is 1. The van der Waals surface area contributed by atoms with Crippen molar-refractivity contribution in [1.82, 2.24) is 9.13 Å². The van der Waals surface area contributed by atoms with Crippen LogP contribution in [0, 0.1) is 6.92 Å². The fourth-order valence-corrected chi connectivity index (χ4v) is 3.88. The molecule has 0 aliphatic rings. The lowest BCUT2D eigenvalue weighted by Gasteiger charge is -2.11. The highest BCUT2D eigenvalue weighted by Crippen LogP contribution is 2.28. The van der Waals surface area contributed by atoms with Crippen molar-refractivity contribution in [2.24, 2.45) is 0 Å². The molecule has 2 aromatic heterocycles. The van der Waals surface area contributed by atoms with Crippen molar-refractivity contribution >= 4 is 27.5 Å². The maximum Gasteiger partial charge on any atom is 0.348 e. The molecule has 2 heterocycles. The number of carbonyl (C=O) groups is 1. The number of hydrogen-bond acceptors (Lipinski definition) is 6. The van der Waals surface area contributed by atoms with Gasteiger partial charge in [-0.1, -0.05) is 0 Å². The monoisotopic (exact) mass is 404 g/mol. The van der Waals surface area contributed by atoms with E-state index in [9.17, 15) is 23.2 Å². The van der Waals surface area contributed by atoms with E-state index >= 15 is 0 Å². The second-order valence-corrected chi connectivity index (χ2v) is 6.84. The molecule has 0 fully saturated rings. The van der Waals surface area contributed by atoms with Gasteiger partial charge in [-0.05, 0) is 18.9 Å². The van der Waals surface area contributed by atoms with Gasteiger partial charge in [0.15, 0.2) is 0 Å². The van der Waals surface area contributed by atoms with E-state index in [4.69, 9.17) is 9.47 Å². The molecule has 0 aliphatic heterocycles. The Kier molecular flexibility index (Phi) is 7.66. The Morgan fingerprint density at radius 3 is 2.41 bits per heavy atom. The number of esters is 1. The maximum atomic E-state index is 12.8. The highest BCUT2D eigenvalue weighted by Gasteiger charge is 2.23. The van der Waals surface area contributed by atoms with Gasteiger partial charge in [-0.3, -0.25) is 22.7 Å². The molecule has 0 saturated heterocycles. The summed E-state index contributed by atoms with van der Waals surface area (Å²) in [5.41, 5.74) is -0.740. The van der Waals surface area contributed by atoms with Gasteiger partial charge in [-0.2, -0.15) is 0 Å². The van der Waals surface area contributed by atoms with Gasteiger partial charge in [0.1, 0.15) is 9.71 Å². The van der Waals surface area contributed by atoms with Crippen molar-refractivity contribution in [3.63, 3.8) is 0 Å². The SMILES string of the molecule is COCCn1c(=O)n(CCCF)c(=O)c2c(C)c(C(=O)OCCCF)sc21. The summed E-state index contributed by atoms with van der Waals surface area (Å²) in [4.78, 5) is 38.3. The summed E-state index contributed by atoms with van der Waals surface area (Å²) in [5.74, 6) is -0.664. The van der Waals surface area contributed by atoms with Crippen LogP contribution in [-0.2, 0) is 22.6 Å². The fourth-order valence-electron chi connectivity index (χ4n) is 2.67. The highest BCUT2D eigenvalue weighted by atomic mass is 32.1. The number of aryl methyl sites for hydroxylation is 1. The number of carbonyl (C=O) groups excluding carboxylic acids is 1. The van der Waals surface area contributed by atoms with Crippen LogP contribution >= 0.6 is 11.3 Å². The first-order chi connectivity index (χ1) is 13.0. The summed E-state index contributed by atoms with van der Waals surface area (Å²) in [6.07, 6.45) is 0.122. The van der Waals surface area contributed by atoms with Crippen molar-refractivity contribution in [2.75, 3.05) is 33.7 Å². The topological polar surface area (TPSA) is 79.5 Å². The van der Waals surface area contributed by atoms with Gasteiger partial charge in [-0.25, -0.2) is 9.59 Å². The third kappa shape index (κ3) is 4.44. The zero-order chi connectivity index (χ0) is 20.0. The lowest BCUT2D eigenvalue weighted by atomic mass is 10.2. The summed E-state index contributed by atoms with van der Waals surface area (Å²) in [6.45, 7) is 0.617. The molecule has 0 saturated carbocycles. The summed E-state index contributed by atoms with van der Waals surface area (Å²) in [6, 6.07) is 0. The third-order valence-electron chi connectivity index (χ3n) is 4.03. The van der Waals surface area contributed by atoms with Crippen LogP contribution in [0.1, 0.15) is 28.1 Å². The Hall–Kier alpha value is -2.07. The van der Waals surface area contributed by atoms with Crippen molar-refractivity contribution in [3.05, 3.63) is 31.3 Å². The van der Waals surface area contributed by atoms with Crippen molar-refractivity contribution < 1.29 is 23.0 Å². The van der Waals surface area contributed by atoms with Crippen LogP contribution in [0.15, 0.2) is 9.59 Å². The summed E-state index contributed by atoms with van der Waals surface area (Å²) < 4.78 is 37.1. The summed E-state index contributed by atoms with van der Waals surface area (Å²) in [7, 11) is 1.48. The molecule has 0 unspecified atom stereocenters. The lowest BCUT2D eigenvalue weighted by molar-refractivity contribution is 0.0499. The average Bonchev–Trinajstić information content (AvgIpc) is 2.99. The first-order valence-electron chi connectivity index (χ1n) is 8.52. The largest absolute Gasteiger partial charge is 0.461 e. The number of aromatic nitrogens is 2. The second-order valence-electron chi connectivity index (χ2n) is 5.84. The maximum absolute atomic E-state index is 12.8. The first kappa shape index (κ1) is 21.2. The molecular formula is C17H22F2N2O5S. The quantitative estimate of drug-likeness (QED) is 0.447. The predicted octanol–water partition coefficient (Wildman–Crippen LogP) is 2.06. The van der Waals surface area contributed by atoms with Crippen molar-refractivity contribution in [3.8, 4) is 0 Å². The number of hydrogen-bond donors (Lipinski definition) is 0. The summed E-state index contributed by atoms with van der Waals surface area (Å²) in [5, 5.41) is 0.229. The molecular weight excluding hydrogens is 382 g/mol. The molecule has 0 spiro atoms. The van der Waals surface area contributed by atoms with Crippen LogP contribution in [0.25, 0.3) is 10.2 Å². The normalized spacial score (nSPS) is 11.3. The molecule has 0 aliphatic carbocycles. The van der Waals surface area contributed by atoms with E-state index in [1.54, 1.807) is 6.92 Å². The molecule has 2 rings (SSSR count). The second kappa shape index (κ2) is 9.75. The number of methoxy groups -OCH3 is 1. The molecule has 0 bridgehead atoms. The number of nitrogens with zero attached hydrogens (tertiary/aromatic N) is 2. The Bertz CT molecular complexity index is 919. The minimum atomic E-state index is -0.664. The molecule has 0 aromatic carbocycles. The first-order valence-corrected chi connectivity index (χ1v) is 9.34. The van der Waals surface area contributed by atoms with Gasteiger partial charge < -0.3 is 9.47 Å². The number of ether oxygens (including phenoxy) is 2. The number of rotatable bonds is 10. The van der Waals surface area contributed by atoms with Crippen LogP contribution < -0.4 is 11.2 Å². The zero-order valence-electron chi connectivity index (χ0n) is 15.3. The van der Waals surface area contributed by atoms with Crippen LogP contribution in [0.3, 0.4) is 0 Å². The van der Waals surface area contributed by atoms with Crippen LogP contribution in [0.5, 0.6) is 0 Å². The van der Waals surface area contributed by atoms with E-state index in [2.05, 4.69) is 0 Å². The van der Waals surface area contributed by atoms with Crippen LogP contribution in [-0.4, -0.2) is 48.8 Å². The number of halogens is 2. The highest BCUT2D eigenvalue weighted by molar-refractivity contribution is 7.20. The van der Waals surface area contributed by atoms with Gasteiger partial charge in [0.25, 0.3) is 5.56 Å². The fraction of sp³-hybridized carbons (Fsp3) is 0.588. The molecule has 150 valence electrons. The van der Waals surface area contributed by atoms with E-state index in [-0.39, 0.29) is 49.4 Å². The van der Waals surface area contributed by atoms with Gasteiger partial charge in [0.05, 0.1) is 38.5 Å². The Morgan fingerprint density at radius 2 is 1.78 bits per heavy atom. The molecule has 7 nitrogen and oxygen atoms in total. The molecule has 27 heavy (non-hydrogen) atoms. The van der Waals surface area contributed by atoms with E-state index in [0.29, 0.717) is 10.4 Å². The van der Waals surface area contributed by atoms with Gasteiger partial charge in [0.2, 0.25) is 0 Å². The van der Waals surface area contributed by atoms with E-state index in [1.807, 2.05) is 0 Å². The third-order valence-corrected chi connectivity index (χ3v) is 5.32. The predicted molar refractivity (Wildman–Crippen MR) is 98.4 cm³/mol. The molecule has 0 atom stereocenters. The van der Waals surface area contributed by atoms with Gasteiger partial charge in [-0.15, -0.1) is 11.3 Å². The molecule has 10 heteroatoms. The lowest BCUT2D eigenvalue weighted by Crippen LogP contribution is -2.40. The van der Waals surface area contributed by atoms with Crippen LogP contribution in [0.2, 0.25) is 0 Å². The van der Waals surface area contributed by atoms with E-state index < -0.39 is 30.6 Å². The van der Waals surface area contributed by atoms with Crippen molar-refractivity contribution in [2.45, 2.75) is 32.9 Å².